The van der Waals surface area contributed by atoms with Crippen molar-refractivity contribution in [3.8, 4) is 5.75 Å². The molecular formula is C20H26N2O3. The van der Waals surface area contributed by atoms with Gasteiger partial charge in [-0.1, -0.05) is 12.1 Å². The first-order valence-electron chi connectivity index (χ1n) is 9.35. The largest absolute Gasteiger partial charge is 0.496 e. The molecule has 1 spiro atoms. The SMILES string of the molecule is COc1ccccc1C(=O)N1CC[C@]2(CCCN(CC3CC3)C2=O)C1. The zero-order valence-electron chi connectivity index (χ0n) is 14.9. The number of hydrogen-bond donors (Lipinski definition) is 0. The summed E-state index contributed by atoms with van der Waals surface area (Å²) >= 11 is 0. The van der Waals surface area contributed by atoms with Crippen LogP contribution in [-0.4, -0.2) is 54.9 Å². The Hall–Kier alpha value is -2.04. The molecule has 3 aliphatic rings. The third-order valence-electron chi connectivity index (χ3n) is 5.98. The maximum absolute atomic E-state index is 13.1. The first kappa shape index (κ1) is 16.4. The smallest absolute Gasteiger partial charge is 0.257 e. The van der Waals surface area contributed by atoms with Crippen LogP contribution >= 0.6 is 0 Å². The van der Waals surface area contributed by atoms with E-state index < -0.39 is 0 Å². The van der Waals surface area contributed by atoms with Gasteiger partial charge in [-0.2, -0.15) is 0 Å². The van der Waals surface area contributed by atoms with Crippen LogP contribution in [0.2, 0.25) is 0 Å². The van der Waals surface area contributed by atoms with E-state index in [9.17, 15) is 9.59 Å². The monoisotopic (exact) mass is 342 g/mol. The van der Waals surface area contributed by atoms with Crippen LogP contribution in [0.15, 0.2) is 24.3 Å². The van der Waals surface area contributed by atoms with Gasteiger partial charge < -0.3 is 14.5 Å². The fourth-order valence-corrected chi connectivity index (χ4v) is 4.35. The lowest BCUT2D eigenvalue weighted by molar-refractivity contribution is -0.145. The van der Waals surface area contributed by atoms with Crippen molar-refractivity contribution in [1.29, 1.82) is 0 Å². The maximum Gasteiger partial charge on any atom is 0.257 e. The summed E-state index contributed by atoms with van der Waals surface area (Å²) < 4.78 is 5.33. The van der Waals surface area contributed by atoms with Gasteiger partial charge in [-0.05, 0) is 50.2 Å². The molecule has 5 heteroatoms. The van der Waals surface area contributed by atoms with Gasteiger partial charge in [0.05, 0.1) is 18.1 Å². The molecule has 1 aromatic rings. The Bertz CT molecular complexity index is 685. The molecule has 0 aromatic heterocycles. The lowest BCUT2D eigenvalue weighted by Gasteiger charge is -2.39. The van der Waals surface area contributed by atoms with Crippen LogP contribution in [-0.2, 0) is 4.79 Å². The summed E-state index contributed by atoms with van der Waals surface area (Å²) in [5, 5.41) is 0. The lowest BCUT2D eigenvalue weighted by Crippen LogP contribution is -2.50. The number of likely N-dealkylation sites (tertiary alicyclic amines) is 2. The molecule has 3 fully saturated rings. The van der Waals surface area contributed by atoms with Gasteiger partial charge in [0, 0.05) is 26.2 Å². The first-order chi connectivity index (χ1) is 12.1. The fourth-order valence-electron chi connectivity index (χ4n) is 4.35. The second-order valence-electron chi connectivity index (χ2n) is 7.76. The average molecular weight is 342 g/mol. The second kappa shape index (κ2) is 6.36. The minimum absolute atomic E-state index is 0.0264. The summed E-state index contributed by atoms with van der Waals surface area (Å²) in [5.41, 5.74) is 0.227. The first-order valence-corrected chi connectivity index (χ1v) is 9.35. The fraction of sp³-hybridized carbons (Fsp3) is 0.600. The normalized spacial score (nSPS) is 26.4. The summed E-state index contributed by atoms with van der Waals surface area (Å²) in [4.78, 5) is 30.0. The molecule has 2 amide bonds. The van der Waals surface area contributed by atoms with Crippen molar-refractivity contribution < 1.29 is 14.3 Å². The van der Waals surface area contributed by atoms with Gasteiger partial charge in [-0.25, -0.2) is 0 Å². The molecule has 1 saturated carbocycles. The van der Waals surface area contributed by atoms with Crippen molar-refractivity contribution in [3.05, 3.63) is 29.8 Å². The Balaban J connectivity index is 1.50. The van der Waals surface area contributed by atoms with E-state index in [1.54, 1.807) is 13.2 Å². The molecule has 5 nitrogen and oxygen atoms in total. The molecule has 1 atom stereocenters. The standard InChI is InChI=1S/C20H26N2O3/c1-25-17-6-3-2-5-16(17)18(23)22-12-10-20(14-22)9-4-11-21(19(20)24)13-15-7-8-15/h2-3,5-6,15H,4,7-14H2,1H3/t20-/m1/s1. The van der Waals surface area contributed by atoms with Crippen molar-refractivity contribution in [2.24, 2.45) is 11.3 Å². The van der Waals surface area contributed by atoms with Gasteiger partial charge in [-0.3, -0.25) is 9.59 Å². The number of carbonyl (C=O) groups is 2. The van der Waals surface area contributed by atoms with Gasteiger partial charge >= 0.3 is 0 Å². The van der Waals surface area contributed by atoms with Crippen LogP contribution in [0.5, 0.6) is 5.75 Å². The van der Waals surface area contributed by atoms with Crippen LogP contribution in [0.3, 0.4) is 0 Å². The molecule has 134 valence electrons. The number of benzene rings is 1. The van der Waals surface area contributed by atoms with Crippen LogP contribution in [0.25, 0.3) is 0 Å². The third kappa shape index (κ3) is 3.00. The van der Waals surface area contributed by atoms with Gasteiger partial charge in [0.1, 0.15) is 5.75 Å². The number of hydrogen-bond acceptors (Lipinski definition) is 3. The van der Waals surface area contributed by atoms with Gasteiger partial charge in [0.15, 0.2) is 0 Å². The molecule has 1 aliphatic carbocycles. The van der Waals surface area contributed by atoms with Crippen molar-refractivity contribution >= 4 is 11.8 Å². The van der Waals surface area contributed by atoms with Gasteiger partial charge in [0.25, 0.3) is 5.91 Å². The minimum Gasteiger partial charge on any atom is -0.496 e. The number of nitrogens with zero attached hydrogens (tertiary/aromatic N) is 2. The van der Waals surface area contributed by atoms with Crippen molar-refractivity contribution in [2.45, 2.75) is 32.1 Å². The molecule has 4 rings (SSSR count). The van der Waals surface area contributed by atoms with E-state index in [1.807, 2.05) is 23.1 Å². The summed E-state index contributed by atoms with van der Waals surface area (Å²) in [6.07, 6.45) is 5.26. The Morgan fingerprint density at radius 3 is 2.80 bits per heavy atom. The Morgan fingerprint density at radius 2 is 2.04 bits per heavy atom. The zero-order valence-corrected chi connectivity index (χ0v) is 14.9. The molecule has 2 aliphatic heterocycles. The number of rotatable bonds is 4. The summed E-state index contributed by atoms with van der Waals surface area (Å²) in [6.45, 7) is 3.00. The van der Waals surface area contributed by atoms with Crippen LogP contribution in [0, 0.1) is 11.3 Å². The van der Waals surface area contributed by atoms with Crippen LogP contribution in [0.1, 0.15) is 42.5 Å². The summed E-state index contributed by atoms with van der Waals surface area (Å²) in [7, 11) is 1.58. The summed E-state index contributed by atoms with van der Waals surface area (Å²) in [5.74, 6) is 1.56. The molecule has 2 saturated heterocycles. The van der Waals surface area contributed by atoms with E-state index in [0.717, 1.165) is 32.4 Å². The summed E-state index contributed by atoms with van der Waals surface area (Å²) in [6, 6.07) is 7.32. The van der Waals surface area contributed by atoms with Crippen molar-refractivity contribution in [3.63, 3.8) is 0 Å². The van der Waals surface area contributed by atoms with E-state index in [0.29, 0.717) is 30.3 Å². The predicted octanol–water partition coefficient (Wildman–Crippen LogP) is 2.56. The van der Waals surface area contributed by atoms with Crippen LogP contribution in [0.4, 0.5) is 0 Å². The Kier molecular flexibility index (Phi) is 4.18. The number of amides is 2. The van der Waals surface area contributed by atoms with E-state index >= 15 is 0 Å². The van der Waals surface area contributed by atoms with Gasteiger partial charge in [-0.15, -0.1) is 0 Å². The molecule has 1 aromatic carbocycles. The number of methoxy groups -OCH3 is 1. The highest BCUT2D eigenvalue weighted by Gasteiger charge is 2.50. The Morgan fingerprint density at radius 1 is 1.24 bits per heavy atom. The molecular weight excluding hydrogens is 316 g/mol. The van der Waals surface area contributed by atoms with E-state index in [2.05, 4.69) is 4.90 Å². The van der Waals surface area contributed by atoms with E-state index in [1.165, 1.54) is 12.8 Å². The molecule has 0 N–H and O–H groups in total. The highest BCUT2D eigenvalue weighted by atomic mass is 16.5. The zero-order chi connectivity index (χ0) is 17.4. The second-order valence-corrected chi connectivity index (χ2v) is 7.76. The maximum atomic E-state index is 13.1. The average Bonchev–Trinajstić information content (AvgIpc) is 3.36. The number of piperidine rings is 1. The topological polar surface area (TPSA) is 49.9 Å². The Labute approximate surface area is 148 Å². The van der Waals surface area contributed by atoms with Crippen molar-refractivity contribution in [1.82, 2.24) is 9.80 Å². The highest BCUT2D eigenvalue weighted by Crippen LogP contribution is 2.42. The third-order valence-corrected chi connectivity index (χ3v) is 5.98. The van der Waals surface area contributed by atoms with Crippen LogP contribution < -0.4 is 4.74 Å². The van der Waals surface area contributed by atoms with Crippen molar-refractivity contribution in [2.75, 3.05) is 33.3 Å². The quantitative estimate of drug-likeness (QED) is 0.845. The highest BCUT2D eigenvalue weighted by molar-refractivity contribution is 5.98. The van der Waals surface area contributed by atoms with E-state index in [-0.39, 0.29) is 17.2 Å². The lowest BCUT2D eigenvalue weighted by atomic mass is 9.78. The molecule has 2 heterocycles. The predicted molar refractivity (Wildman–Crippen MR) is 94.5 cm³/mol. The molecule has 0 bridgehead atoms. The minimum atomic E-state index is -0.356. The molecule has 0 radical (unpaired) electrons. The van der Waals surface area contributed by atoms with E-state index in [4.69, 9.17) is 4.74 Å². The molecule has 0 unspecified atom stereocenters. The van der Waals surface area contributed by atoms with Gasteiger partial charge in [0.2, 0.25) is 5.91 Å². The molecule has 25 heavy (non-hydrogen) atoms. The number of carbonyl (C=O) groups excluding carboxylic acids is 2. The number of ether oxygens (including phenoxy) is 1. The number of para-hydroxylation sites is 1.